The molecular formula is C11H14ClNO. The number of methoxy groups -OCH3 is 1. The molecular weight excluding hydrogens is 198 g/mol. The number of rotatable bonds is 4. The van der Waals surface area contributed by atoms with E-state index in [0.717, 1.165) is 28.9 Å². The summed E-state index contributed by atoms with van der Waals surface area (Å²) in [6.07, 6.45) is 2.68. The van der Waals surface area contributed by atoms with E-state index < -0.39 is 0 Å². The lowest BCUT2D eigenvalue weighted by Crippen LogP contribution is -2.03. The number of ether oxygens (including phenoxy) is 1. The van der Waals surface area contributed by atoms with E-state index in [1.165, 1.54) is 12.8 Å². The van der Waals surface area contributed by atoms with E-state index in [0.29, 0.717) is 0 Å². The van der Waals surface area contributed by atoms with Gasteiger partial charge in [0, 0.05) is 12.6 Å². The van der Waals surface area contributed by atoms with E-state index in [1.54, 1.807) is 7.11 Å². The Morgan fingerprint density at radius 1 is 1.50 bits per heavy atom. The summed E-state index contributed by atoms with van der Waals surface area (Å²) < 4.78 is 5.13. The first-order valence-electron chi connectivity index (χ1n) is 4.87. The molecule has 14 heavy (non-hydrogen) atoms. The van der Waals surface area contributed by atoms with Gasteiger partial charge >= 0.3 is 0 Å². The molecule has 1 aromatic carbocycles. The van der Waals surface area contributed by atoms with Crippen molar-refractivity contribution in [1.82, 2.24) is 0 Å². The molecule has 0 radical (unpaired) electrons. The minimum atomic E-state index is 0.756. The molecule has 1 fully saturated rings. The molecule has 2 nitrogen and oxygen atoms in total. The van der Waals surface area contributed by atoms with Crippen LogP contribution in [-0.4, -0.2) is 13.7 Å². The highest BCUT2D eigenvalue weighted by Gasteiger charge is 2.20. The molecule has 3 heteroatoms. The van der Waals surface area contributed by atoms with E-state index >= 15 is 0 Å². The molecule has 76 valence electrons. The second-order valence-corrected chi connectivity index (χ2v) is 4.08. The zero-order valence-corrected chi connectivity index (χ0v) is 8.97. The third-order valence-corrected chi connectivity index (χ3v) is 2.78. The maximum atomic E-state index is 6.04. The molecule has 1 saturated carbocycles. The van der Waals surface area contributed by atoms with Gasteiger partial charge in [0.25, 0.3) is 0 Å². The Labute approximate surface area is 89.2 Å². The average molecular weight is 212 g/mol. The number of anilines is 1. The lowest BCUT2D eigenvalue weighted by Gasteiger charge is -2.09. The number of hydrogen-bond donors (Lipinski definition) is 1. The van der Waals surface area contributed by atoms with Gasteiger partial charge in [-0.25, -0.2) is 0 Å². The first-order chi connectivity index (χ1) is 6.79. The Morgan fingerprint density at radius 2 is 2.29 bits per heavy atom. The van der Waals surface area contributed by atoms with Crippen molar-refractivity contribution in [2.45, 2.75) is 12.8 Å². The van der Waals surface area contributed by atoms with Crippen molar-refractivity contribution in [3.8, 4) is 5.75 Å². The van der Waals surface area contributed by atoms with Crippen molar-refractivity contribution in [1.29, 1.82) is 0 Å². The fraction of sp³-hybridized carbons (Fsp3) is 0.455. The predicted octanol–water partition coefficient (Wildman–Crippen LogP) is 3.17. The van der Waals surface area contributed by atoms with Crippen LogP contribution in [0.25, 0.3) is 0 Å². The van der Waals surface area contributed by atoms with Crippen LogP contribution in [0.2, 0.25) is 5.02 Å². The molecule has 0 heterocycles. The summed E-state index contributed by atoms with van der Waals surface area (Å²) in [6.45, 7) is 1.02. The van der Waals surface area contributed by atoms with Crippen molar-refractivity contribution in [2.75, 3.05) is 19.0 Å². The lowest BCUT2D eigenvalue weighted by atomic mass is 10.3. The molecule has 0 aromatic heterocycles. The molecule has 0 atom stereocenters. The van der Waals surface area contributed by atoms with E-state index in [-0.39, 0.29) is 0 Å². The van der Waals surface area contributed by atoms with Gasteiger partial charge < -0.3 is 10.1 Å². The lowest BCUT2D eigenvalue weighted by molar-refractivity contribution is 0.415. The van der Waals surface area contributed by atoms with Gasteiger partial charge in [0.15, 0.2) is 0 Å². The Balaban J connectivity index is 2.04. The van der Waals surface area contributed by atoms with Crippen LogP contribution in [0.3, 0.4) is 0 Å². The van der Waals surface area contributed by atoms with E-state index in [4.69, 9.17) is 16.3 Å². The maximum Gasteiger partial charge on any atom is 0.121 e. The topological polar surface area (TPSA) is 21.3 Å². The zero-order valence-electron chi connectivity index (χ0n) is 8.22. The first-order valence-corrected chi connectivity index (χ1v) is 5.25. The highest BCUT2D eigenvalue weighted by molar-refractivity contribution is 6.33. The highest BCUT2D eigenvalue weighted by Crippen LogP contribution is 2.31. The summed E-state index contributed by atoms with van der Waals surface area (Å²) in [6, 6.07) is 5.66. The van der Waals surface area contributed by atoms with Gasteiger partial charge in [-0.1, -0.05) is 11.6 Å². The van der Waals surface area contributed by atoms with Crippen molar-refractivity contribution < 1.29 is 4.74 Å². The molecule has 0 unspecified atom stereocenters. The number of halogens is 1. The standard InChI is InChI=1S/C11H14ClNO/c1-14-9-4-5-10(12)11(6-9)13-7-8-2-3-8/h4-6,8,13H,2-3,7H2,1H3. The highest BCUT2D eigenvalue weighted by atomic mass is 35.5. The third-order valence-electron chi connectivity index (χ3n) is 2.45. The normalized spacial score (nSPS) is 15.3. The molecule has 1 aliphatic carbocycles. The summed E-state index contributed by atoms with van der Waals surface area (Å²) >= 11 is 6.04. The Hall–Kier alpha value is -0.890. The molecule has 1 aliphatic rings. The zero-order chi connectivity index (χ0) is 9.97. The van der Waals surface area contributed by atoms with Crippen LogP contribution in [0, 0.1) is 5.92 Å². The number of benzene rings is 1. The molecule has 0 aliphatic heterocycles. The molecule has 1 aromatic rings. The Kier molecular flexibility index (Phi) is 2.82. The number of nitrogens with one attached hydrogen (secondary N) is 1. The van der Waals surface area contributed by atoms with E-state index in [1.807, 2.05) is 18.2 Å². The van der Waals surface area contributed by atoms with Crippen molar-refractivity contribution >= 4 is 17.3 Å². The van der Waals surface area contributed by atoms with E-state index in [2.05, 4.69) is 5.32 Å². The second kappa shape index (κ2) is 4.09. The SMILES string of the molecule is COc1ccc(Cl)c(NCC2CC2)c1. The summed E-state index contributed by atoms with van der Waals surface area (Å²) in [7, 11) is 1.66. The summed E-state index contributed by atoms with van der Waals surface area (Å²) in [5.41, 5.74) is 0.970. The second-order valence-electron chi connectivity index (χ2n) is 3.67. The van der Waals surface area contributed by atoms with Gasteiger partial charge in [0.2, 0.25) is 0 Å². The van der Waals surface area contributed by atoms with Crippen LogP contribution in [0.1, 0.15) is 12.8 Å². The smallest absolute Gasteiger partial charge is 0.121 e. The fourth-order valence-corrected chi connectivity index (χ4v) is 1.53. The largest absolute Gasteiger partial charge is 0.497 e. The van der Waals surface area contributed by atoms with Gasteiger partial charge in [-0.05, 0) is 30.9 Å². The molecule has 2 rings (SSSR count). The van der Waals surface area contributed by atoms with Gasteiger partial charge in [0.1, 0.15) is 5.75 Å². The molecule has 1 N–H and O–H groups in total. The van der Waals surface area contributed by atoms with Crippen LogP contribution in [0.15, 0.2) is 18.2 Å². The van der Waals surface area contributed by atoms with E-state index in [9.17, 15) is 0 Å². The van der Waals surface area contributed by atoms with Crippen LogP contribution in [-0.2, 0) is 0 Å². The molecule has 0 bridgehead atoms. The van der Waals surface area contributed by atoms with Gasteiger partial charge in [0.05, 0.1) is 17.8 Å². The average Bonchev–Trinajstić information content (AvgIpc) is 3.00. The van der Waals surface area contributed by atoms with Gasteiger partial charge in [-0.2, -0.15) is 0 Å². The van der Waals surface area contributed by atoms with Crippen LogP contribution >= 0.6 is 11.6 Å². The minimum Gasteiger partial charge on any atom is -0.497 e. The van der Waals surface area contributed by atoms with Crippen molar-refractivity contribution in [3.05, 3.63) is 23.2 Å². The Morgan fingerprint density at radius 3 is 2.93 bits per heavy atom. The molecule has 0 spiro atoms. The van der Waals surface area contributed by atoms with Crippen molar-refractivity contribution in [2.24, 2.45) is 5.92 Å². The monoisotopic (exact) mass is 211 g/mol. The van der Waals surface area contributed by atoms with Crippen LogP contribution in [0.5, 0.6) is 5.75 Å². The summed E-state index contributed by atoms with van der Waals surface area (Å²) in [5.74, 6) is 1.69. The summed E-state index contributed by atoms with van der Waals surface area (Å²) in [5, 5.41) is 4.09. The Bertz CT molecular complexity index is 323. The van der Waals surface area contributed by atoms with Gasteiger partial charge in [-0.15, -0.1) is 0 Å². The minimum absolute atomic E-state index is 0.756. The molecule has 0 saturated heterocycles. The third kappa shape index (κ3) is 2.32. The number of hydrogen-bond acceptors (Lipinski definition) is 2. The van der Waals surface area contributed by atoms with Crippen LogP contribution in [0.4, 0.5) is 5.69 Å². The van der Waals surface area contributed by atoms with Gasteiger partial charge in [-0.3, -0.25) is 0 Å². The fourth-order valence-electron chi connectivity index (χ4n) is 1.34. The first kappa shape index (κ1) is 9.66. The quantitative estimate of drug-likeness (QED) is 0.826. The van der Waals surface area contributed by atoms with Crippen molar-refractivity contribution in [3.63, 3.8) is 0 Å². The molecule has 0 amide bonds. The summed E-state index contributed by atoms with van der Waals surface area (Å²) in [4.78, 5) is 0. The van der Waals surface area contributed by atoms with Crippen LogP contribution < -0.4 is 10.1 Å². The maximum absolute atomic E-state index is 6.04. The predicted molar refractivity (Wildman–Crippen MR) is 59.2 cm³/mol.